The molecule has 12 heteroatoms. The van der Waals surface area contributed by atoms with Crippen LogP contribution in [0.2, 0.25) is 0 Å². The molecule has 4 rings (SSSR count). The Hall–Kier alpha value is -3.61. The van der Waals surface area contributed by atoms with E-state index >= 15 is 0 Å². The first-order chi connectivity index (χ1) is 20.7. The number of halogens is 3. The lowest BCUT2D eigenvalue weighted by Gasteiger charge is -2.34. The molecular weight excluding hydrogens is 595 g/mol. The van der Waals surface area contributed by atoms with E-state index in [2.05, 4.69) is 4.72 Å². The van der Waals surface area contributed by atoms with Crippen LogP contribution in [0.1, 0.15) is 36.1 Å². The molecule has 0 saturated heterocycles. The van der Waals surface area contributed by atoms with Crippen molar-refractivity contribution in [1.29, 1.82) is 0 Å². The number of alkyl halides is 3. The summed E-state index contributed by atoms with van der Waals surface area (Å²) >= 11 is 0. The van der Waals surface area contributed by atoms with Gasteiger partial charge in [-0.2, -0.15) is 13.2 Å². The molecule has 1 amide bonds. The van der Waals surface area contributed by atoms with Crippen molar-refractivity contribution in [2.75, 3.05) is 31.5 Å². The van der Waals surface area contributed by atoms with E-state index in [4.69, 9.17) is 4.74 Å². The van der Waals surface area contributed by atoms with Gasteiger partial charge in [-0.25, -0.2) is 8.42 Å². The van der Waals surface area contributed by atoms with Crippen LogP contribution in [0.3, 0.4) is 0 Å². The second-order valence-electron chi connectivity index (χ2n) is 11.5. The van der Waals surface area contributed by atoms with Crippen LogP contribution in [0.5, 0.6) is 5.75 Å². The van der Waals surface area contributed by atoms with Gasteiger partial charge in [-0.1, -0.05) is 36.8 Å². The number of aryl methyl sites for hydroxylation is 1. The SMILES string of the molecule is Cc1ccc(S(=O)(=O)Nc2ccc3c(c2)CC(=O)N([C@@H](C)CO)C[C@@H](C)[C@@H](CN(C)Cc2ccc(C(F)(F)F)cc2)O3)cc1. The van der Waals surface area contributed by atoms with E-state index < -0.39 is 33.9 Å². The summed E-state index contributed by atoms with van der Waals surface area (Å²) in [4.78, 5) is 17.1. The molecule has 0 aromatic heterocycles. The summed E-state index contributed by atoms with van der Waals surface area (Å²) in [5.41, 5.74) is 1.67. The van der Waals surface area contributed by atoms with Gasteiger partial charge in [0.15, 0.2) is 0 Å². The molecule has 3 aromatic rings. The van der Waals surface area contributed by atoms with Gasteiger partial charge in [-0.05, 0) is 68.9 Å². The number of ether oxygens (including phenoxy) is 1. The van der Waals surface area contributed by atoms with Gasteiger partial charge in [0, 0.05) is 36.8 Å². The Balaban J connectivity index is 1.60. The number of carbonyl (C=O) groups is 1. The topological polar surface area (TPSA) is 99.2 Å². The third-order valence-electron chi connectivity index (χ3n) is 7.73. The summed E-state index contributed by atoms with van der Waals surface area (Å²) in [5.74, 6) is 0.00383. The fourth-order valence-corrected chi connectivity index (χ4v) is 6.17. The lowest BCUT2D eigenvalue weighted by Crippen LogP contribution is -2.47. The van der Waals surface area contributed by atoms with Crippen molar-refractivity contribution in [3.63, 3.8) is 0 Å². The number of anilines is 1. The Morgan fingerprint density at radius 3 is 2.36 bits per heavy atom. The van der Waals surface area contributed by atoms with E-state index in [-0.39, 0.29) is 35.4 Å². The molecule has 0 unspecified atom stereocenters. The summed E-state index contributed by atoms with van der Waals surface area (Å²) in [6, 6.07) is 15.8. The molecule has 3 aromatic carbocycles. The molecule has 2 N–H and O–H groups in total. The van der Waals surface area contributed by atoms with Crippen molar-refractivity contribution < 1.29 is 36.2 Å². The van der Waals surface area contributed by atoms with Crippen LogP contribution < -0.4 is 9.46 Å². The van der Waals surface area contributed by atoms with Crippen LogP contribution >= 0.6 is 0 Å². The number of aliphatic hydroxyl groups excluding tert-OH is 1. The number of nitrogens with zero attached hydrogens (tertiary/aromatic N) is 2. The highest BCUT2D eigenvalue weighted by atomic mass is 32.2. The summed E-state index contributed by atoms with van der Waals surface area (Å²) < 4.78 is 74.1. The highest BCUT2D eigenvalue weighted by molar-refractivity contribution is 7.92. The van der Waals surface area contributed by atoms with Gasteiger partial charge in [0.1, 0.15) is 11.9 Å². The van der Waals surface area contributed by atoms with Gasteiger partial charge in [0.2, 0.25) is 5.91 Å². The number of fused-ring (bicyclic) bond motifs is 1. The molecule has 3 atom stereocenters. The number of carbonyl (C=O) groups excluding carboxylic acids is 1. The third kappa shape index (κ3) is 8.30. The minimum absolute atomic E-state index is 0.0688. The van der Waals surface area contributed by atoms with Crippen molar-refractivity contribution in [2.24, 2.45) is 5.92 Å². The molecule has 1 aliphatic rings. The second kappa shape index (κ2) is 13.6. The zero-order chi connectivity index (χ0) is 32.2. The van der Waals surface area contributed by atoms with Crippen LogP contribution in [0.25, 0.3) is 0 Å². The Kier molecular flexibility index (Phi) is 10.3. The van der Waals surface area contributed by atoms with E-state index in [9.17, 15) is 31.5 Å². The summed E-state index contributed by atoms with van der Waals surface area (Å²) in [6.07, 6.45) is -4.92. The Morgan fingerprint density at radius 1 is 1.09 bits per heavy atom. The van der Waals surface area contributed by atoms with Gasteiger partial charge in [-0.3, -0.25) is 14.4 Å². The fraction of sp³-hybridized carbons (Fsp3) is 0.406. The zero-order valence-electron chi connectivity index (χ0n) is 25.1. The monoisotopic (exact) mass is 633 g/mol. The number of aliphatic hydroxyl groups is 1. The van der Waals surface area contributed by atoms with E-state index in [1.54, 1.807) is 42.2 Å². The number of amides is 1. The van der Waals surface area contributed by atoms with Gasteiger partial charge in [0.05, 0.1) is 29.5 Å². The molecule has 1 aliphatic heterocycles. The molecule has 8 nitrogen and oxygen atoms in total. The number of hydrogen-bond acceptors (Lipinski definition) is 6. The number of likely N-dealkylation sites (N-methyl/N-ethyl adjacent to an activating group) is 1. The predicted molar refractivity (Wildman–Crippen MR) is 162 cm³/mol. The molecule has 238 valence electrons. The molecule has 0 aliphatic carbocycles. The van der Waals surface area contributed by atoms with E-state index in [0.29, 0.717) is 36.5 Å². The minimum Gasteiger partial charge on any atom is -0.488 e. The molecule has 0 bridgehead atoms. The summed E-state index contributed by atoms with van der Waals surface area (Å²) in [7, 11) is -2.05. The summed E-state index contributed by atoms with van der Waals surface area (Å²) in [6.45, 7) is 6.38. The van der Waals surface area contributed by atoms with Crippen LogP contribution in [0, 0.1) is 12.8 Å². The van der Waals surface area contributed by atoms with Crippen LogP contribution in [0.15, 0.2) is 71.6 Å². The van der Waals surface area contributed by atoms with Crippen LogP contribution in [-0.4, -0.2) is 68.1 Å². The van der Waals surface area contributed by atoms with E-state index in [1.807, 2.05) is 25.8 Å². The fourth-order valence-electron chi connectivity index (χ4n) is 5.12. The van der Waals surface area contributed by atoms with Crippen molar-refractivity contribution in [3.8, 4) is 5.75 Å². The van der Waals surface area contributed by atoms with Gasteiger partial charge >= 0.3 is 6.18 Å². The number of sulfonamides is 1. The van der Waals surface area contributed by atoms with Crippen molar-refractivity contribution in [1.82, 2.24) is 9.80 Å². The Bertz CT molecular complexity index is 1550. The lowest BCUT2D eigenvalue weighted by atomic mass is 10.0. The van der Waals surface area contributed by atoms with E-state index in [0.717, 1.165) is 17.7 Å². The average molecular weight is 634 g/mol. The number of benzene rings is 3. The normalized spacial score (nSPS) is 18.6. The minimum atomic E-state index is -4.41. The van der Waals surface area contributed by atoms with Gasteiger partial charge in [0.25, 0.3) is 10.0 Å². The van der Waals surface area contributed by atoms with Gasteiger partial charge in [-0.15, -0.1) is 0 Å². The smallest absolute Gasteiger partial charge is 0.416 e. The molecule has 0 fully saturated rings. The molecule has 44 heavy (non-hydrogen) atoms. The Labute approximate surface area is 256 Å². The second-order valence-corrected chi connectivity index (χ2v) is 13.2. The van der Waals surface area contributed by atoms with Crippen molar-refractivity contribution >= 4 is 21.6 Å². The van der Waals surface area contributed by atoms with E-state index in [1.165, 1.54) is 24.3 Å². The molecule has 0 spiro atoms. The number of rotatable bonds is 9. The van der Waals surface area contributed by atoms with Crippen molar-refractivity contribution in [3.05, 3.63) is 89.0 Å². The maximum atomic E-state index is 13.5. The van der Waals surface area contributed by atoms with Crippen LogP contribution in [-0.2, 0) is 34.0 Å². The number of hydrogen-bond donors (Lipinski definition) is 2. The summed E-state index contributed by atoms with van der Waals surface area (Å²) in [5, 5.41) is 9.88. The maximum Gasteiger partial charge on any atom is 0.416 e. The first-order valence-corrected chi connectivity index (χ1v) is 15.8. The quantitative estimate of drug-likeness (QED) is 0.341. The molecule has 0 radical (unpaired) electrons. The van der Waals surface area contributed by atoms with Crippen LogP contribution in [0.4, 0.5) is 18.9 Å². The molecule has 0 saturated carbocycles. The Morgan fingerprint density at radius 2 is 1.75 bits per heavy atom. The first-order valence-electron chi connectivity index (χ1n) is 14.3. The first kappa shape index (κ1) is 33.3. The predicted octanol–water partition coefficient (Wildman–Crippen LogP) is 5.10. The highest BCUT2D eigenvalue weighted by Crippen LogP contribution is 2.31. The molecular formula is C32H38F3N3O5S. The highest BCUT2D eigenvalue weighted by Gasteiger charge is 2.32. The largest absolute Gasteiger partial charge is 0.488 e. The lowest BCUT2D eigenvalue weighted by molar-refractivity contribution is -0.137. The number of nitrogens with one attached hydrogen (secondary N) is 1. The maximum absolute atomic E-state index is 13.5. The standard InChI is InChI=1S/C32H38F3N3O5S/c1-21-5-12-28(13-6-21)44(41,42)36-27-11-14-29-25(15-27)16-31(40)38(23(3)20-39)17-22(2)30(43-29)19-37(4)18-24-7-9-26(10-8-24)32(33,34)35/h5-15,22-23,30,36,39H,16-20H2,1-4H3/t22-,23+,30-/m1/s1. The average Bonchev–Trinajstić information content (AvgIpc) is 3.00. The molecule has 1 heterocycles. The van der Waals surface area contributed by atoms with Gasteiger partial charge < -0.3 is 14.7 Å². The third-order valence-corrected chi connectivity index (χ3v) is 9.12. The van der Waals surface area contributed by atoms with Crippen molar-refractivity contribution in [2.45, 2.75) is 57.0 Å². The zero-order valence-corrected chi connectivity index (χ0v) is 26.0.